The van der Waals surface area contributed by atoms with Crippen LogP contribution < -0.4 is 5.32 Å². The Hall–Kier alpha value is -1.94. The molecule has 9 heteroatoms. The number of benzene rings is 2. The fourth-order valence-electron chi connectivity index (χ4n) is 3.20. The Morgan fingerprint density at radius 1 is 1.26 bits per heavy atom. The van der Waals surface area contributed by atoms with Crippen molar-refractivity contribution in [3.63, 3.8) is 0 Å². The largest absolute Gasteiger partial charge is 0.348 e. The second-order valence-corrected chi connectivity index (χ2v) is 9.64. The SMILES string of the molecule is O=C(NC1CCS(O)(O)C1)c1ccc2c(Br)nn(-c3ccc(F)cc3)c2c1. The van der Waals surface area contributed by atoms with Gasteiger partial charge in [0, 0.05) is 22.7 Å². The smallest absolute Gasteiger partial charge is 0.251 e. The van der Waals surface area contributed by atoms with E-state index in [1.807, 2.05) is 0 Å². The zero-order chi connectivity index (χ0) is 19.2. The van der Waals surface area contributed by atoms with Gasteiger partial charge < -0.3 is 5.32 Å². The number of nitrogens with zero attached hydrogens (tertiary/aromatic N) is 2. The number of nitrogens with one attached hydrogen (secondary N) is 1. The molecule has 1 unspecified atom stereocenters. The minimum absolute atomic E-state index is 0.194. The van der Waals surface area contributed by atoms with E-state index in [1.165, 1.54) is 12.1 Å². The van der Waals surface area contributed by atoms with Gasteiger partial charge in [-0.3, -0.25) is 13.9 Å². The monoisotopic (exact) mass is 453 g/mol. The molecule has 3 aromatic rings. The predicted octanol–water partition coefficient (Wildman–Crippen LogP) is 4.18. The second-order valence-electron chi connectivity index (χ2n) is 6.54. The molecular weight excluding hydrogens is 437 g/mol. The topological polar surface area (TPSA) is 87.4 Å². The van der Waals surface area contributed by atoms with E-state index in [9.17, 15) is 18.3 Å². The van der Waals surface area contributed by atoms with Gasteiger partial charge in [-0.05, 0) is 64.8 Å². The van der Waals surface area contributed by atoms with Crippen LogP contribution in [0.4, 0.5) is 4.39 Å². The van der Waals surface area contributed by atoms with Crippen molar-refractivity contribution in [1.82, 2.24) is 15.1 Å². The van der Waals surface area contributed by atoms with E-state index in [2.05, 4.69) is 26.3 Å². The summed E-state index contributed by atoms with van der Waals surface area (Å²) < 4.78 is 34.9. The summed E-state index contributed by atoms with van der Waals surface area (Å²) in [5, 5.41) is 8.11. The van der Waals surface area contributed by atoms with Gasteiger partial charge in [0.15, 0.2) is 0 Å². The Labute approximate surface area is 164 Å². The molecule has 3 N–H and O–H groups in total. The lowest BCUT2D eigenvalue weighted by Gasteiger charge is -2.26. The van der Waals surface area contributed by atoms with Crippen molar-refractivity contribution < 1.29 is 18.3 Å². The Kier molecular flexibility index (Phi) is 4.71. The van der Waals surface area contributed by atoms with E-state index in [4.69, 9.17) is 0 Å². The van der Waals surface area contributed by atoms with Crippen LogP contribution in [0.15, 0.2) is 47.1 Å². The zero-order valence-corrected chi connectivity index (χ0v) is 16.5. The first-order valence-corrected chi connectivity index (χ1v) is 11.0. The Bertz CT molecular complexity index is 1020. The van der Waals surface area contributed by atoms with Crippen LogP contribution in [0.2, 0.25) is 0 Å². The van der Waals surface area contributed by atoms with Gasteiger partial charge in [-0.1, -0.05) is 0 Å². The van der Waals surface area contributed by atoms with Crippen LogP contribution in [-0.4, -0.2) is 42.3 Å². The molecule has 0 radical (unpaired) electrons. The number of halogens is 2. The molecule has 1 atom stereocenters. The highest BCUT2D eigenvalue weighted by molar-refractivity contribution is 9.10. The number of carbonyl (C=O) groups excluding carboxylic acids is 1. The fraction of sp³-hybridized carbons (Fsp3) is 0.222. The number of rotatable bonds is 3. The van der Waals surface area contributed by atoms with Crippen molar-refractivity contribution in [2.75, 3.05) is 11.5 Å². The van der Waals surface area contributed by atoms with Crippen LogP contribution in [0.5, 0.6) is 0 Å². The molecule has 0 saturated carbocycles. The van der Waals surface area contributed by atoms with Gasteiger partial charge in [-0.15, -0.1) is 0 Å². The quantitative estimate of drug-likeness (QED) is 0.554. The molecule has 2 aromatic carbocycles. The van der Waals surface area contributed by atoms with E-state index in [0.29, 0.717) is 33.5 Å². The molecule has 27 heavy (non-hydrogen) atoms. The molecule has 1 aliphatic rings. The molecule has 1 fully saturated rings. The van der Waals surface area contributed by atoms with E-state index >= 15 is 0 Å². The first-order chi connectivity index (χ1) is 12.8. The van der Waals surface area contributed by atoms with E-state index < -0.39 is 10.6 Å². The lowest BCUT2D eigenvalue weighted by atomic mass is 10.1. The lowest BCUT2D eigenvalue weighted by molar-refractivity contribution is 0.0941. The molecule has 4 rings (SSSR count). The minimum Gasteiger partial charge on any atom is -0.348 e. The van der Waals surface area contributed by atoms with Crippen molar-refractivity contribution >= 4 is 43.3 Å². The van der Waals surface area contributed by atoms with Gasteiger partial charge >= 0.3 is 0 Å². The molecule has 0 bridgehead atoms. The van der Waals surface area contributed by atoms with Gasteiger partial charge in [0.05, 0.1) is 17.0 Å². The number of aromatic nitrogens is 2. The van der Waals surface area contributed by atoms with Gasteiger partial charge in [-0.2, -0.15) is 15.7 Å². The van der Waals surface area contributed by atoms with Crippen LogP contribution >= 0.6 is 26.5 Å². The number of hydrogen-bond donors (Lipinski definition) is 3. The van der Waals surface area contributed by atoms with E-state index in [-0.39, 0.29) is 23.5 Å². The van der Waals surface area contributed by atoms with Crippen LogP contribution in [0.3, 0.4) is 0 Å². The summed E-state index contributed by atoms with van der Waals surface area (Å²) in [7, 11) is -2.57. The summed E-state index contributed by atoms with van der Waals surface area (Å²) in [4.78, 5) is 12.6. The molecule has 142 valence electrons. The van der Waals surface area contributed by atoms with E-state index in [1.54, 1.807) is 35.0 Å². The average Bonchev–Trinajstić information content (AvgIpc) is 3.14. The number of carbonyl (C=O) groups is 1. The highest BCUT2D eigenvalue weighted by atomic mass is 79.9. The Morgan fingerprint density at radius 3 is 2.67 bits per heavy atom. The van der Waals surface area contributed by atoms with Gasteiger partial charge in [0.2, 0.25) is 0 Å². The zero-order valence-electron chi connectivity index (χ0n) is 14.1. The van der Waals surface area contributed by atoms with Gasteiger partial charge in [0.25, 0.3) is 5.91 Å². The third-order valence-electron chi connectivity index (χ3n) is 4.57. The molecule has 2 heterocycles. The van der Waals surface area contributed by atoms with E-state index in [0.717, 1.165) is 5.39 Å². The van der Waals surface area contributed by atoms with Crippen molar-refractivity contribution in [3.05, 3.63) is 58.4 Å². The van der Waals surface area contributed by atoms with Crippen LogP contribution in [-0.2, 0) is 0 Å². The summed E-state index contributed by atoms with van der Waals surface area (Å²) in [6.45, 7) is 0. The first kappa shape index (κ1) is 18.4. The summed E-state index contributed by atoms with van der Waals surface area (Å²) in [5.74, 6) is -0.0970. The Balaban J connectivity index is 1.66. The molecule has 1 aromatic heterocycles. The van der Waals surface area contributed by atoms with Gasteiger partial charge in [-0.25, -0.2) is 9.07 Å². The lowest BCUT2D eigenvalue weighted by Crippen LogP contribution is -2.35. The molecule has 0 spiro atoms. The predicted molar refractivity (Wildman–Crippen MR) is 107 cm³/mol. The maximum Gasteiger partial charge on any atom is 0.251 e. The van der Waals surface area contributed by atoms with Crippen molar-refractivity contribution in [1.29, 1.82) is 0 Å². The molecular formula is C18H17BrFN3O3S. The van der Waals surface area contributed by atoms with Crippen LogP contribution in [0, 0.1) is 5.82 Å². The third-order valence-corrected chi connectivity index (χ3v) is 6.98. The van der Waals surface area contributed by atoms with Crippen molar-refractivity contribution in [2.45, 2.75) is 12.5 Å². The highest BCUT2D eigenvalue weighted by Crippen LogP contribution is 2.45. The molecule has 6 nitrogen and oxygen atoms in total. The standard InChI is InChI=1S/C18H17BrFN3O3S/c19-17-15-6-1-11(18(24)21-13-7-8-27(25,26)10-13)9-16(15)23(22-17)14-4-2-12(20)3-5-14/h1-6,9,13,25-26H,7-8,10H2,(H,21,24). The maximum absolute atomic E-state index is 13.2. The Morgan fingerprint density at radius 2 is 2.00 bits per heavy atom. The molecule has 1 aliphatic heterocycles. The van der Waals surface area contributed by atoms with Crippen LogP contribution in [0.25, 0.3) is 16.6 Å². The number of fused-ring (bicyclic) bond motifs is 1. The van der Waals surface area contributed by atoms with Gasteiger partial charge in [0.1, 0.15) is 10.4 Å². The van der Waals surface area contributed by atoms with Crippen molar-refractivity contribution in [3.8, 4) is 5.69 Å². The fourth-order valence-corrected chi connectivity index (χ4v) is 5.42. The maximum atomic E-state index is 13.2. The summed E-state index contributed by atoms with van der Waals surface area (Å²) in [6, 6.07) is 10.9. The molecule has 1 amide bonds. The minimum atomic E-state index is -2.57. The molecule has 1 saturated heterocycles. The molecule has 0 aliphatic carbocycles. The highest BCUT2D eigenvalue weighted by Gasteiger charge is 2.29. The van der Waals surface area contributed by atoms with Crippen molar-refractivity contribution in [2.24, 2.45) is 0 Å². The summed E-state index contributed by atoms with van der Waals surface area (Å²) in [5.41, 5.74) is 1.83. The first-order valence-electron chi connectivity index (χ1n) is 8.31. The normalized spacial score (nSPS) is 19.9. The average molecular weight is 454 g/mol. The van der Waals surface area contributed by atoms with Crippen LogP contribution in [0.1, 0.15) is 16.8 Å². The third kappa shape index (κ3) is 3.73. The number of hydrogen-bond acceptors (Lipinski definition) is 4. The number of amides is 1. The summed E-state index contributed by atoms with van der Waals surface area (Å²) >= 11 is 3.42. The summed E-state index contributed by atoms with van der Waals surface area (Å²) in [6.07, 6.45) is 0.551. The second kappa shape index (κ2) is 6.90.